The minimum absolute atomic E-state index is 0.0472. The molecule has 4 aliphatic rings. The normalized spacial score (nSPS) is 27.7. The number of ether oxygens (including phenoxy) is 3. The van der Waals surface area contributed by atoms with Crippen LogP contribution < -0.4 is 11.5 Å². The van der Waals surface area contributed by atoms with Gasteiger partial charge in [-0.15, -0.1) is 0 Å². The number of fused-ring (bicyclic) bond motifs is 2. The topological polar surface area (TPSA) is 142 Å². The van der Waals surface area contributed by atoms with Gasteiger partial charge in [-0.25, -0.2) is 46.0 Å². The molecule has 2 fully saturated rings. The first-order valence-electron chi connectivity index (χ1n) is 17.9. The van der Waals surface area contributed by atoms with Crippen molar-refractivity contribution < 1.29 is 50.1 Å². The number of nitrogens with zero attached hydrogens (tertiary/aromatic N) is 3. The molecule has 6 rings (SSSR count). The minimum atomic E-state index is -1.94. The van der Waals surface area contributed by atoms with Crippen LogP contribution >= 0.6 is 23.5 Å². The van der Waals surface area contributed by atoms with Gasteiger partial charge in [0.15, 0.2) is 33.6 Å². The molecule has 0 radical (unpaired) electrons. The van der Waals surface area contributed by atoms with Gasteiger partial charge >= 0.3 is 12.1 Å². The van der Waals surface area contributed by atoms with Crippen molar-refractivity contribution in [1.82, 2.24) is 4.90 Å². The number of alkyl halides is 2. The van der Waals surface area contributed by atoms with E-state index in [0.717, 1.165) is 34.8 Å². The molecule has 19 heteroatoms. The molecule has 10 nitrogen and oxygen atoms in total. The fourth-order valence-electron chi connectivity index (χ4n) is 6.87. The fourth-order valence-corrected chi connectivity index (χ4v) is 10.4. The van der Waals surface area contributed by atoms with Crippen molar-refractivity contribution in [3.8, 4) is 0 Å². The average molecular weight is 848 g/mol. The summed E-state index contributed by atoms with van der Waals surface area (Å²) in [7, 11) is -0.240. The molecule has 6 atom stereocenters. The van der Waals surface area contributed by atoms with E-state index >= 15 is 4.39 Å². The summed E-state index contributed by atoms with van der Waals surface area (Å²) in [5.41, 5.74) is 6.53. The number of esters is 1. The lowest BCUT2D eigenvalue weighted by Crippen LogP contribution is -2.48. The van der Waals surface area contributed by atoms with Crippen LogP contribution in [-0.4, -0.2) is 84.8 Å². The third kappa shape index (κ3) is 8.69. The van der Waals surface area contributed by atoms with E-state index < -0.39 is 84.1 Å². The van der Waals surface area contributed by atoms with Crippen molar-refractivity contribution in [3.05, 3.63) is 64.7 Å². The van der Waals surface area contributed by atoms with Crippen LogP contribution in [0, 0.1) is 35.1 Å². The first kappa shape index (κ1) is 43.7. The number of amidine groups is 2. The Morgan fingerprint density at radius 2 is 1.64 bits per heavy atom. The highest BCUT2D eigenvalue weighted by molar-refractivity contribution is 8.16. The molecule has 2 aromatic rings. The number of amides is 1. The van der Waals surface area contributed by atoms with E-state index in [0.29, 0.717) is 13.0 Å². The van der Waals surface area contributed by atoms with Crippen LogP contribution in [0.1, 0.15) is 44.7 Å². The largest absolute Gasteiger partial charge is 0.468 e. The molecule has 0 saturated heterocycles. The number of halogens is 6. The highest BCUT2D eigenvalue weighted by atomic mass is 32.2. The summed E-state index contributed by atoms with van der Waals surface area (Å²) in [6, 6.07) is 6.38. The van der Waals surface area contributed by atoms with Crippen molar-refractivity contribution in [2.24, 2.45) is 27.6 Å². The Labute approximate surface area is 331 Å². The Kier molecular flexibility index (Phi) is 12.5. The Morgan fingerprint density at radius 3 is 2.25 bits per heavy atom. The van der Waals surface area contributed by atoms with Gasteiger partial charge in [0.25, 0.3) is 0 Å². The summed E-state index contributed by atoms with van der Waals surface area (Å²) in [6.45, 7) is 9.54. The van der Waals surface area contributed by atoms with Gasteiger partial charge in [-0.3, -0.25) is 4.79 Å². The zero-order chi connectivity index (χ0) is 41.6. The van der Waals surface area contributed by atoms with Crippen LogP contribution in [0.4, 0.5) is 36.8 Å². The number of nitrogen functional groups attached to an aromatic ring is 1. The van der Waals surface area contributed by atoms with Crippen LogP contribution in [0.5, 0.6) is 0 Å². The molecule has 2 saturated carbocycles. The van der Waals surface area contributed by atoms with E-state index in [1.807, 2.05) is 0 Å². The van der Waals surface area contributed by atoms with Crippen molar-refractivity contribution >= 4 is 59.7 Å². The van der Waals surface area contributed by atoms with Gasteiger partial charge in [-0.05, 0) is 57.9 Å². The van der Waals surface area contributed by atoms with E-state index in [9.17, 15) is 31.5 Å². The highest BCUT2D eigenvalue weighted by Gasteiger charge is 2.74. The van der Waals surface area contributed by atoms with Gasteiger partial charge in [0.2, 0.25) is 0 Å². The Hall–Kier alpha value is -3.42. The molecule has 1 amide bonds. The number of benzene rings is 2. The molecular formula is C37H47F6N5O5S2Si. The number of hydrogen-bond donors (Lipinski definition) is 2. The zero-order valence-electron chi connectivity index (χ0n) is 32.2. The van der Waals surface area contributed by atoms with E-state index in [2.05, 4.69) is 29.6 Å². The Bertz CT molecular complexity index is 1920. The van der Waals surface area contributed by atoms with Crippen LogP contribution in [0.25, 0.3) is 0 Å². The van der Waals surface area contributed by atoms with E-state index in [4.69, 9.17) is 25.7 Å². The molecule has 0 unspecified atom stereocenters. The number of nitrogens with two attached hydrogens (primary N) is 2. The van der Waals surface area contributed by atoms with E-state index in [1.165, 1.54) is 37.1 Å². The molecule has 0 spiro atoms. The molecule has 2 aliphatic heterocycles. The molecule has 2 aromatic carbocycles. The van der Waals surface area contributed by atoms with Gasteiger partial charge in [0, 0.05) is 48.6 Å². The van der Waals surface area contributed by atoms with Gasteiger partial charge in [-0.2, -0.15) is 0 Å². The predicted octanol–water partition coefficient (Wildman–Crippen LogP) is 7.88. The SMILES string of the molecule is COC(=O)[C@@]12C[C@@H]1[C@@](CF)(c1cccc(F)c1F)N=C(N(COCC[Si](C)(C)C)C(=O)OC(C)(C)C)S2.NC1=N[C@](CF)(c2cc(N)cc(F)c2F)[C@H]2C[C@H]2S1. The first-order chi connectivity index (χ1) is 26.1. The number of aliphatic imine (C=N–C) groups is 2. The summed E-state index contributed by atoms with van der Waals surface area (Å²) in [4.78, 5) is 35.9. The number of methoxy groups -OCH3 is 1. The van der Waals surface area contributed by atoms with E-state index in [1.54, 1.807) is 20.8 Å². The number of hydrogen-bond acceptors (Lipinski definition) is 11. The third-order valence-electron chi connectivity index (χ3n) is 9.92. The smallest absolute Gasteiger partial charge is 0.418 e. The highest BCUT2D eigenvalue weighted by Crippen LogP contribution is 2.67. The standard InChI is InChI=1S/C25H35F3N2O5SSi.C12H12F3N3S/c1-23(2,3)35-22(32)30(15-34-11-12-37(5,6)7)21-29-24(14-26,16-9-8-10-17(27)19(16)28)18-13-25(18,36-21)20(31)33-4;13-4-12(6-3-9(6)19-11(17)18-12)7-1-5(16)2-8(14)10(7)15/h8-10,18H,11-15H2,1-7H3;1-2,6,9H,3-4,16H2,(H2,17,18)/t18-,24-,25-;6-,9+,12-/m10/s1. The Morgan fingerprint density at radius 1 is 0.982 bits per heavy atom. The Balaban J connectivity index is 0.000000262. The van der Waals surface area contributed by atoms with Gasteiger partial charge in [-0.1, -0.05) is 55.3 Å². The second-order valence-corrected chi connectivity index (χ2v) is 24.6. The van der Waals surface area contributed by atoms with Crippen molar-refractivity contribution in [2.45, 2.75) is 86.0 Å². The number of carbonyl (C=O) groups is 2. The maximum absolute atomic E-state index is 15.0. The lowest BCUT2D eigenvalue weighted by atomic mass is 9.84. The lowest BCUT2D eigenvalue weighted by molar-refractivity contribution is -0.141. The van der Waals surface area contributed by atoms with Crippen LogP contribution in [0.3, 0.4) is 0 Å². The monoisotopic (exact) mass is 847 g/mol. The number of rotatable bonds is 10. The quantitative estimate of drug-likeness (QED) is 0.0610. The van der Waals surface area contributed by atoms with E-state index in [-0.39, 0.29) is 51.5 Å². The second-order valence-electron chi connectivity index (χ2n) is 16.4. The lowest BCUT2D eigenvalue weighted by Gasteiger charge is -2.37. The van der Waals surface area contributed by atoms with Crippen molar-refractivity contribution in [2.75, 3.05) is 39.5 Å². The molecule has 0 bridgehead atoms. The summed E-state index contributed by atoms with van der Waals surface area (Å²) in [5.74, 6) is -6.23. The van der Waals surface area contributed by atoms with Crippen LogP contribution in [0.15, 0.2) is 40.3 Å². The first-order valence-corrected chi connectivity index (χ1v) is 23.3. The number of carbonyl (C=O) groups excluding carboxylic acids is 2. The molecule has 56 heavy (non-hydrogen) atoms. The van der Waals surface area contributed by atoms with Gasteiger partial charge in [0.1, 0.15) is 41.5 Å². The number of thioether (sulfide) groups is 2. The van der Waals surface area contributed by atoms with Gasteiger partial charge in [0.05, 0.1) is 7.11 Å². The molecule has 2 aliphatic carbocycles. The van der Waals surface area contributed by atoms with Crippen molar-refractivity contribution in [3.63, 3.8) is 0 Å². The maximum atomic E-state index is 15.0. The maximum Gasteiger partial charge on any atom is 0.418 e. The molecular weight excluding hydrogens is 801 g/mol. The summed E-state index contributed by atoms with van der Waals surface area (Å²) in [5, 5.41) is 0.249. The van der Waals surface area contributed by atoms with Crippen LogP contribution in [-0.2, 0) is 30.1 Å². The van der Waals surface area contributed by atoms with Gasteiger partial charge < -0.3 is 25.7 Å². The predicted molar refractivity (Wildman–Crippen MR) is 208 cm³/mol. The number of anilines is 1. The molecule has 4 N–H and O–H groups in total. The molecule has 2 heterocycles. The average Bonchev–Trinajstić information content (AvgIpc) is 4.04. The summed E-state index contributed by atoms with van der Waals surface area (Å²) in [6.07, 6.45) is -0.0249. The molecule has 308 valence electrons. The second kappa shape index (κ2) is 16.1. The summed E-state index contributed by atoms with van der Waals surface area (Å²) >= 11 is 2.29. The fraction of sp³-hybridized carbons (Fsp3) is 0.568. The molecule has 0 aromatic heterocycles. The van der Waals surface area contributed by atoms with Crippen molar-refractivity contribution in [1.29, 1.82) is 0 Å². The zero-order valence-corrected chi connectivity index (χ0v) is 34.8. The van der Waals surface area contributed by atoms with Crippen LogP contribution in [0.2, 0.25) is 25.7 Å². The summed E-state index contributed by atoms with van der Waals surface area (Å²) < 4.78 is 100. The third-order valence-corrected chi connectivity index (χ3v) is 14.3. The minimum Gasteiger partial charge on any atom is -0.468 e.